The van der Waals surface area contributed by atoms with Gasteiger partial charge in [0, 0.05) is 6.42 Å². The van der Waals surface area contributed by atoms with Crippen LogP contribution in [-0.4, -0.2) is 30.6 Å². The molecule has 104 valence electrons. The monoisotopic (exact) mass is 310 g/mol. The number of rotatable bonds is 6. The van der Waals surface area contributed by atoms with E-state index < -0.39 is 53.4 Å². The first-order chi connectivity index (χ1) is 7.38. The molecule has 1 atom stereocenters. The Kier molecular flexibility index (Phi) is 8.46. The van der Waals surface area contributed by atoms with Crippen LogP contribution in [0.5, 0.6) is 0 Å². The molecule has 11 heteroatoms. The van der Waals surface area contributed by atoms with Crippen LogP contribution in [-0.2, 0) is 10.1 Å². The summed E-state index contributed by atoms with van der Waals surface area (Å²) >= 11 is 0. The van der Waals surface area contributed by atoms with Gasteiger partial charge >= 0.3 is 41.0 Å². The average Bonchev–Trinajstić information content (AvgIpc) is 2.08. The van der Waals surface area contributed by atoms with Gasteiger partial charge in [0.25, 0.3) is 0 Å². The third kappa shape index (κ3) is 7.17. The molecule has 18 heavy (non-hydrogen) atoms. The van der Waals surface area contributed by atoms with Gasteiger partial charge in [-0.1, -0.05) is 0 Å². The summed E-state index contributed by atoms with van der Waals surface area (Å²) in [4.78, 5) is 0. The minimum Gasteiger partial charge on any atom is -0.743 e. The van der Waals surface area contributed by atoms with E-state index in [1.165, 1.54) is 0 Å². The van der Waals surface area contributed by atoms with Crippen molar-refractivity contribution in [2.45, 2.75) is 43.3 Å². The van der Waals surface area contributed by atoms with E-state index in [1.807, 2.05) is 0 Å². The standard InChI is InChI=1S/C7H10F6O3S.Na/c8-5(7(12,13)17(14,15)16)3-1-2-4-6(9,10)11;/h5H,1-4H2,(H,14,15,16);/q;+1/p-1. The molecule has 0 spiro atoms. The number of halogens is 6. The van der Waals surface area contributed by atoms with Crippen molar-refractivity contribution in [3.63, 3.8) is 0 Å². The van der Waals surface area contributed by atoms with Gasteiger partial charge in [0.05, 0.1) is 0 Å². The summed E-state index contributed by atoms with van der Waals surface area (Å²) in [6.07, 6.45) is -11.4. The average molecular weight is 310 g/mol. The molecule has 0 saturated carbocycles. The number of hydrogen-bond donors (Lipinski definition) is 0. The fourth-order valence-electron chi connectivity index (χ4n) is 0.974. The minimum absolute atomic E-state index is 0. The summed E-state index contributed by atoms with van der Waals surface area (Å²) in [5.74, 6) is 0. The second-order valence-corrected chi connectivity index (χ2v) is 4.80. The fraction of sp³-hybridized carbons (Fsp3) is 1.00. The van der Waals surface area contributed by atoms with Crippen molar-refractivity contribution in [1.82, 2.24) is 0 Å². The van der Waals surface area contributed by atoms with Crippen molar-refractivity contribution in [3.8, 4) is 0 Å². The largest absolute Gasteiger partial charge is 1.00 e. The van der Waals surface area contributed by atoms with Gasteiger partial charge in [-0.2, -0.15) is 22.0 Å². The maximum absolute atomic E-state index is 12.7. The van der Waals surface area contributed by atoms with Gasteiger partial charge in [-0.15, -0.1) is 0 Å². The molecule has 1 unspecified atom stereocenters. The van der Waals surface area contributed by atoms with E-state index in [0.29, 0.717) is 0 Å². The molecule has 0 bridgehead atoms. The first kappa shape index (κ1) is 20.8. The van der Waals surface area contributed by atoms with E-state index in [9.17, 15) is 39.3 Å². The van der Waals surface area contributed by atoms with Gasteiger partial charge in [0.1, 0.15) is 0 Å². The van der Waals surface area contributed by atoms with E-state index in [-0.39, 0.29) is 29.6 Å². The summed E-state index contributed by atoms with van der Waals surface area (Å²) in [6.45, 7) is 0. The van der Waals surface area contributed by atoms with Crippen LogP contribution in [0.4, 0.5) is 26.3 Å². The topological polar surface area (TPSA) is 57.2 Å². The van der Waals surface area contributed by atoms with Gasteiger partial charge in [-0.3, -0.25) is 0 Å². The fourth-order valence-corrected chi connectivity index (χ4v) is 1.40. The van der Waals surface area contributed by atoms with Gasteiger partial charge in [-0.05, 0) is 19.3 Å². The molecule has 3 nitrogen and oxygen atoms in total. The van der Waals surface area contributed by atoms with Gasteiger partial charge in [-0.25, -0.2) is 12.8 Å². The maximum atomic E-state index is 12.7. The number of hydrogen-bond acceptors (Lipinski definition) is 3. The molecule has 0 aromatic carbocycles. The SMILES string of the molecule is O=S(=O)([O-])C(F)(F)C(F)CCCCC(F)(F)F.[Na+]. The van der Waals surface area contributed by atoms with Gasteiger partial charge in [0.2, 0.25) is 0 Å². The Bertz CT molecular complexity index is 342. The molecule has 0 saturated heterocycles. The van der Waals surface area contributed by atoms with Crippen LogP contribution in [0.15, 0.2) is 0 Å². The van der Waals surface area contributed by atoms with E-state index in [4.69, 9.17) is 0 Å². The van der Waals surface area contributed by atoms with Crippen LogP contribution < -0.4 is 29.6 Å². The molecule has 0 aromatic heterocycles. The molecule has 0 radical (unpaired) electrons. The molecular weight excluding hydrogens is 301 g/mol. The summed E-state index contributed by atoms with van der Waals surface area (Å²) < 4.78 is 102. The quantitative estimate of drug-likeness (QED) is 0.290. The van der Waals surface area contributed by atoms with Crippen LogP contribution in [0, 0.1) is 0 Å². The Balaban J connectivity index is 0. The second-order valence-electron chi connectivity index (χ2n) is 3.34. The molecule has 0 heterocycles. The van der Waals surface area contributed by atoms with E-state index in [0.717, 1.165) is 0 Å². The molecule has 0 aliphatic carbocycles. The summed E-state index contributed by atoms with van der Waals surface area (Å²) in [5, 5.41) is -5.11. The summed E-state index contributed by atoms with van der Waals surface area (Å²) in [6, 6.07) is 0. The molecule has 0 aliphatic heterocycles. The predicted molar refractivity (Wildman–Crippen MR) is 44.1 cm³/mol. The number of alkyl halides is 6. The van der Waals surface area contributed by atoms with Crippen LogP contribution in [0.25, 0.3) is 0 Å². The van der Waals surface area contributed by atoms with Crippen molar-refractivity contribution in [2.24, 2.45) is 0 Å². The molecule has 0 amide bonds. The van der Waals surface area contributed by atoms with E-state index in [1.54, 1.807) is 0 Å². The molecule has 0 aromatic rings. The summed E-state index contributed by atoms with van der Waals surface area (Å²) in [5.41, 5.74) is 0. The molecule has 0 N–H and O–H groups in total. The Labute approximate surface area is 122 Å². The van der Waals surface area contributed by atoms with Crippen molar-refractivity contribution in [3.05, 3.63) is 0 Å². The molecule has 0 rings (SSSR count). The maximum Gasteiger partial charge on any atom is 1.00 e. The van der Waals surface area contributed by atoms with E-state index >= 15 is 0 Å². The van der Waals surface area contributed by atoms with Crippen molar-refractivity contribution < 1.29 is 68.9 Å². The van der Waals surface area contributed by atoms with Crippen LogP contribution in [0.3, 0.4) is 0 Å². The normalized spacial score (nSPS) is 15.1. The molecule has 0 aliphatic rings. The smallest absolute Gasteiger partial charge is 0.743 e. The Morgan fingerprint density at radius 2 is 1.50 bits per heavy atom. The predicted octanol–water partition coefficient (Wildman–Crippen LogP) is -0.411. The first-order valence-electron chi connectivity index (χ1n) is 4.42. The Morgan fingerprint density at radius 1 is 1.06 bits per heavy atom. The second kappa shape index (κ2) is 7.32. The molecule has 0 fully saturated rings. The van der Waals surface area contributed by atoms with Crippen molar-refractivity contribution in [1.29, 1.82) is 0 Å². The van der Waals surface area contributed by atoms with Crippen molar-refractivity contribution in [2.75, 3.05) is 0 Å². The van der Waals surface area contributed by atoms with E-state index in [2.05, 4.69) is 0 Å². The van der Waals surface area contributed by atoms with Crippen LogP contribution >= 0.6 is 0 Å². The Morgan fingerprint density at radius 3 is 1.83 bits per heavy atom. The van der Waals surface area contributed by atoms with Crippen LogP contribution in [0.1, 0.15) is 25.7 Å². The minimum atomic E-state index is -6.15. The van der Waals surface area contributed by atoms with Crippen LogP contribution in [0.2, 0.25) is 0 Å². The third-order valence-corrected chi connectivity index (χ3v) is 2.79. The zero-order valence-electron chi connectivity index (χ0n) is 9.31. The zero-order valence-corrected chi connectivity index (χ0v) is 12.1. The Hall–Kier alpha value is 0.490. The number of unbranched alkanes of at least 4 members (excludes halogenated alkanes) is 1. The van der Waals surface area contributed by atoms with Gasteiger partial charge in [0.15, 0.2) is 16.3 Å². The third-order valence-electron chi connectivity index (χ3n) is 1.87. The molecular formula is C7H9F6NaO3S. The van der Waals surface area contributed by atoms with Crippen molar-refractivity contribution >= 4 is 10.1 Å². The van der Waals surface area contributed by atoms with Gasteiger partial charge < -0.3 is 4.55 Å². The zero-order chi connectivity index (χ0) is 13.9. The summed E-state index contributed by atoms with van der Waals surface area (Å²) in [7, 11) is -6.15. The first-order valence-corrected chi connectivity index (χ1v) is 5.83.